The van der Waals surface area contributed by atoms with Gasteiger partial charge in [0.2, 0.25) is 6.79 Å². The van der Waals surface area contributed by atoms with Gasteiger partial charge in [0.25, 0.3) is 0 Å². The van der Waals surface area contributed by atoms with Crippen LogP contribution in [-0.4, -0.2) is 57.0 Å². The van der Waals surface area contributed by atoms with Gasteiger partial charge in [-0.1, -0.05) is 12.8 Å². The van der Waals surface area contributed by atoms with Crippen molar-refractivity contribution in [2.75, 3.05) is 33.5 Å². The molecule has 0 amide bonds. The largest absolute Gasteiger partial charge is 0.454 e. The third-order valence-electron chi connectivity index (χ3n) is 5.23. The number of hydrogen-bond acceptors (Lipinski definition) is 5. The highest BCUT2D eigenvalue weighted by Gasteiger charge is 2.21. The van der Waals surface area contributed by atoms with Crippen molar-refractivity contribution >= 4 is 5.96 Å². The van der Waals surface area contributed by atoms with Crippen molar-refractivity contribution in [2.24, 2.45) is 4.99 Å². The minimum atomic E-state index is -2.92. The van der Waals surface area contributed by atoms with E-state index < -0.39 is 6.61 Å². The maximum atomic E-state index is 12.8. The first-order valence-corrected chi connectivity index (χ1v) is 10.2. The molecule has 2 N–H and O–H groups in total. The smallest absolute Gasteiger partial charge is 0.387 e. The lowest BCUT2D eigenvalue weighted by Gasteiger charge is -2.24. The quantitative estimate of drug-likeness (QED) is 0.480. The lowest BCUT2D eigenvalue weighted by molar-refractivity contribution is -0.0505. The number of nitrogens with one attached hydrogen (secondary N) is 2. The average Bonchev–Trinajstić information content (AvgIpc) is 3.37. The Morgan fingerprint density at radius 1 is 1.24 bits per heavy atom. The number of likely N-dealkylation sites (N-methyl/N-ethyl adjacent to an activating group) is 1. The Bertz CT molecular complexity index is 697. The van der Waals surface area contributed by atoms with Gasteiger partial charge < -0.3 is 29.7 Å². The summed E-state index contributed by atoms with van der Waals surface area (Å²) >= 11 is 0. The number of ether oxygens (including phenoxy) is 3. The lowest BCUT2D eigenvalue weighted by Crippen LogP contribution is -2.42. The van der Waals surface area contributed by atoms with Crippen molar-refractivity contribution < 1.29 is 23.0 Å². The van der Waals surface area contributed by atoms with Crippen LogP contribution < -0.4 is 24.8 Å². The molecule has 2 aliphatic rings. The van der Waals surface area contributed by atoms with E-state index in [1.54, 1.807) is 6.07 Å². The summed E-state index contributed by atoms with van der Waals surface area (Å²) < 4.78 is 40.8. The fraction of sp³-hybridized carbons (Fsp3) is 0.650. The summed E-state index contributed by atoms with van der Waals surface area (Å²) in [4.78, 5) is 6.91. The molecule has 1 fully saturated rings. The van der Waals surface area contributed by atoms with E-state index in [2.05, 4.69) is 32.3 Å². The van der Waals surface area contributed by atoms with Crippen LogP contribution in [0.5, 0.6) is 17.2 Å². The molecule has 1 saturated carbocycles. The molecule has 3 rings (SSSR count). The molecule has 162 valence electrons. The Morgan fingerprint density at radius 3 is 2.66 bits per heavy atom. The summed E-state index contributed by atoms with van der Waals surface area (Å²) in [5.41, 5.74) is 0.509. The minimum Gasteiger partial charge on any atom is -0.454 e. The Kier molecular flexibility index (Phi) is 7.74. The number of benzene rings is 1. The number of guanidine groups is 1. The van der Waals surface area contributed by atoms with Crippen LogP contribution in [0.2, 0.25) is 0 Å². The molecule has 7 nitrogen and oxygen atoms in total. The van der Waals surface area contributed by atoms with Crippen LogP contribution >= 0.6 is 0 Å². The van der Waals surface area contributed by atoms with Gasteiger partial charge in [-0.25, -0.2) is 4.99 Å². The van der Waals surface area contributed by atoms with Crippen LogP contribution in [0.4, 0.5) is 8.78 Å². The Labute approximate surface area is 170 Å². The van der Waals surface area contributed by atoms with Gasteiger partial charge in [0, 0.05) is 37.3 Å². The van der Waals surface area contributed by atoms with E-state index in [9.17, 15) is 8.78 Å². The number of nitrogens with zero attached hydrogens (tertiary/aromatic N) is 2. The molecule has 1 aliphatic heterocycles. The molecule has 0 spiro atoms. The number of rotatable bonds is 9. The van der Waals surface area contributed by atoms with Crippen molar-refractivity contribution in [3.8, 4) is 17.2 Å². The van der Waals surface area contributed by atoms with Crippen LogP contribution in [0.1, 0.15) is 38.2 Å². The van der Waals surface area contributed by atoms with Crippen molar-refractivity contribution in [2.45, 2.75) is 51.8 Å². The van der Waals surface area contributed by atoms with Crippen molar-refractivity contribution in [1.29, 1.82) is 0 Å². The van der Waals surface area contributed by atoms with Crippen LogP contribution in [0.3, 0.4) is 0 Å². The second-order valence-electron chi connectivity index (χ2n) is 7.23. The number of fused-ring (bicyclic) bond motifs is 1. The van der Waals surface area contributed by atoms with Crippen molar-refractivity contribution in [3.63, 3.8) is 0 Å². The molecular weight excluding hydrogens is 382 g/mol. The molecule has 1 aliphatic carbocycles. The van der Waals surface area contributed by atoms with Crippen LogP contribution in [0, 0.1) is 0 Å². The SMILES string of the molecule is CCNC(=NCc1cc2c(cc1OC(F)F)OCO2)NCCN(C)C1CCCC1. The Morgan fingerprint density at radius 2 is 1.97 bits per heavy atom. The van der Waals surface area contributed by atoms with Gasteiger partial charge in [-0.2, -0.15) is 8.78 Å². The average molecular weight is 412 g/mol. The fourth-order valence-corrected chi connectivity index (χ4v) is 3.68. The van der Waals surface area contributed by atoms with E-state index >= 15 is 0 Å². The number of hydrogen-bond donors (Lipinski definition) is 2. The number of aliphatic imine (C=N–C) groups is 1. The van der Waals surface area contributed by atoms with E-state index in [0.29, 0.717) is 35.6 Å². The molecule has 0 aromatic heterocycles. The molecule has 1 aromatic carbocycles. The van der Waals surface area contributed by atoms with Crippen LogP contribution in [-0.2, 0) is 6.54 Å². The molecular formula is C20H30F2N4O3. The maximum absolute atomic E-state index is 12.8. The van der Waals surface area contributed by atoms with E-state index in [0.717, 1.165) is 13.1 Å². The Hall–Kier alpha value is -2.29. The molecule has 0 saturated heterocycles. The maximum Gasteiger partial charge on any atom is 0.387 e. The molecule has 1 aromatic rings. The summed E-state index contributed by atoms with van der Waals surface area (Å²) in [5, 5.41) is 6.49. The summed E-state index contributed by atoms with van der Waals surface area (Å²) in [5.74, 6) is 1.58. The van der Waals surface area contributed by atoms with Crippen LogP contribution in [0.15, 0.2) is 17.1 Å². The standard InChI is InChI=1S/C20H30F2N4O3/c1-3-23-20(24-8-9-26(2)15-6-4-5-7-15)25-12-14-10-17-18(28-13-27-17)11-16(14)29-19(21)22/h10-11,15,19H,3-9,12-13H2,1-2H3,(H2,23,24,25). The second-order valence-corrected chi connectivity index (χ2v) is 7.23. The highest BCUT2D eigenvalue weighted by atomic mass is 19.3. The number of halogens is 2. The monoisotopic (exact) mass is 412 g/mol. The third kappa shape index (κ3) is 6.09. The topological polar surface area (TPSA) is 67.4 Å². The van der Waals surface area contributed by atoms with Crippen molar-refractivity contribution in [1.82, 2.24) is 15.5 Å². The first-order chi connectivity index (χ1) is 14.1. The van der Waals surface area contributed by atoms with Gasteiger partial charge in [0.1, 0.15) is 5.75 Å². The summed E-state index contributed by atoms with van der Waals surface area (Å²) in [6.07, 6.45) is 5.15. The first kappa shape index (κ1) is 21.4. The number of alkyl halides is 2. The molecule has 0 bridgehead atoms. The highest BCUT2D eigenvalue weighted by molar-refractivity contribution is 5.79. The van der Waals surface area contributed by atoms with Crippen LogP contribution in [0.25, 0.3) is 0 Å². The van der Waals surface area contributed by atoms with E-state index in [1.807, 2.05) is 6.92 Å². The van der Waals surface area contributed by atoms with Crippen molar-refractivity contribution in [3.05, 3.63) is 17.7 Å². The van der Waals surface area contributed by atoms with Gasteiger partial charge in [0.15, 0.2) is 17.5 Å². The zero-order valence-electron chi connectivity index (χ0n) is 17.0. The second kappa shape index (κ2) is 10.5. The van der Waals surface area contributed by atoms with Gasteiger partial charge >= 0.3 is 6.61 Å². The molecule has 0 radical (unpaired) electrons. The normalized spacial score (nSPS) is 16.7. The van der Waals surface area contributed by atoms with Gasteiger partial charge in [-0.15, -0.1) is 0 Å². The fourth-order valence-electron chi connectivity index (χ4n) is 3.68. The minimum absolute atomic E-state index is 0.0461. The Balaban J connectivity index is 1.61. The molecule has 1 heterocycles. The first-order valence-electron chi connectivity index (χ1n) is 10.2. The van der Waals surface area contributed by atoms with E-state index in [1.165, 1.54) is 31.7 Å². The third-order valence-corrected chi connectivity index (χ3v) is 5.23. The van der Waals surface area contributed by atoms with Gasteiger partial charge in [0.05, 0.1) is 6.54 Å². The zero-order valence-corrected chi connectivity index (χ0v) is 17.0. The summed E-state index contributed by atoms with van der Waals surface area (Å²) in [6.45, 7) is 1.66. The molecule has 29 heavy (non-hydrogen) atoms. The lowest BCUT2D eigenvalue weighted by atomic mass is 10.1. The summed E-state index contributed by atoms with van der Waals surface area (Å²) in [6, 6.07) is 3.73. The molecule has 9 heteroatoms. The summed E-state index contributed by atoms with van der Waals surface area (Å²) in [7, 11) is 2.16. The molecule has 0 unspecified atom stereocenters. The van der Waals surface area contributed by atoms with E-state index in [-0.39, 0.29) is 19.1 Å². The van der Waals surface area contributed by atoms with Gasteiger partial charge in [-0.05, 0) is 32.9 Å². The predicted octanol–water partition coefficient (Wildman–Crippen LogP) is 2.95. The highest BCUT2D eigenvalue weighted by Crippen LogP contribution is 2.39. The predicted molar refractivity (Wildman–Crippen MR) is 107 cm³/mol. The molecule has 0 atom stereocenters. The van der Waals surface area contributed by atoms with Gasteiger partial charge in [-0.3, -0.25) is 0 Å². The van der Waals surface area contributed by atoms with E-state index in [4.69, 9.17) is 9.47 Å². The zero-order chi connectivity index (χ0) is 20.6.